The number of esters is 1. The third-order valence-corrected chi connectivity index (χ3v) is 3.53. The minimum atomic E-state index is -0.364. The van der Waals surface area contributed by atoms with Gasteiger partial charge in [0.2, 0.25) is 0 Å². The number of fused-ring (bicyclic) bond motifs is 1. The number of carbonyl (C=O) groups excluding carboxylic acids is 1. The molecule has 0 bridgehead atoms. The van der Waals surface area contributed by atoms with Gasteiger partial charge in [-0.25, -0.2) is 4.79 Å². The molecule has 0 saturated carbocycles. The first-order valence-corrected chi connectivity index (χ1v) is 7.06. The average molecular weight is 295 g/mol. The second kappa shape index (κ2) is 5.93. The van der Waals surface area contributed by atoms with Crippen LogP contribution in [0.15, 0.2) is 60.5 Å². The Labute approximate surface area is 129 Å². The van der Waals surface area contributed by atoms with E-state index in [1.807, 2.05) is 37.4 Å². The van der Waals surface area contributed by atoms with Crippen LogP contribution < -0.4 is 9.64 Å². The molecule has 0 unspecified atom stereocenters. The van der Waals surface area contributed by atoms with E-state index < -0.39 is 0 Å². The van der Waals surface area contributed by atoms with Gasteiger partial charge in [0.25, 0.3) is 0 Å². The number of anilines is 1. The van der Waals surface area contributed by atoms with E-state index in [1.54, 1.807) is 12.1 Å². The van der Waals surface area contributed by atoms with E-state index in [0.717, 1.165) is 17.0 Å². The van der Waals surface area contributed by atoms with E-state index in [2.05, 4.69) is 17.0 Å². The zero-order valence-corrected chi connectivity index (χ0v) is 12.6. The first-order chi connectivity index (χ1) is 10.7. The highest BCUT2D eigenvalue weighted by atomic mass is 16.5. The lowest BCUT2D eigenvalue weighted by atomic mass is 10.1. The Balaban J connectivity index is 1.97. The molecule has 2 aromatic rings. The molecule has 0 amide bonds. The van der Waals surface area contributed by atoms with Gasteiger partial charge < -0.3 is 14.4 Å². The van der Waals surface area contributed by atoms with Gasteiger partial charge >= 0.3 is 5.97 Å². The maximum Gasteiger partial charge on any atom is 0.337 e. The van der Waals surface area contributed by atoms with Gasteiger partial charge in [0.15, 0.2) is 0 Å². The summed E-state index contributed by atoms with van der Waals surface area (Å²) in [6, 6.07) is 15.5. The molecule has 2 aromatic carbocycles. The van der Waals surface area contributed by atoms with Gasteiger partial charge in [-0.05, 0) is 31.2 Å². The third kappa shape index (κ3) is 2.81. The van der Waals surface area contributed by atoms with Crippen LogP contribution in [0.5, 0.6) is 5.75 Å². The van der Waals surface area contributed by atoms with Crippen LogP contribution >= 0.6 is 0 Å². The molecular weight excluding hydrogens is 278 g/mol. The smallest absolute Gasteiger partial charge is 0.337 e. The maximum absolute atomic E-state index is 11.6. The van der Waals surface area contributed by atoms with Crippen molar-refractivity contribution in [1.29, 1.82) is 0 Å². The predicted octanol–water partition coefficient (Wildman–Crippen LogP) is 3.73. The molecule has 0 radical (unpaired) electrons. The number of rotatable bonds is 2. The minimum Gasteiger partial charge on any atom is -0.465 e. The number of nitrogens with zero attached hydrogens (tertiary/aromatic N) is 1. The van der Waals surface area contributed by atoms with Crippen molar-refractivity contribution >= 4 is 11.7 Å². The molecule has 0 saturated heterocycles. The highest BCUT2D eigenvalue weighted by Crippen LogP contribution is 2.30. The fourth-order valence-electron chi connectivity index (χ4n) is 2.46. The summed E-state index contributed by atoms with van der Waals surface area (Å²) in [5.41, 5.74) is 2.60. The van der Waals surface area contributed by atoms with Crippen LogP contribution in [-0.4, -0.2) is 13.1 Å². The van der Waals surface area contributed by atoms with Crippen molar-refractivity contribution in [2.24, 2.45) is 0 Å². The highest BCUT2D eigenvalue weighted by molar-refractivity contribution is 5.90. The van der Waals surface area contributed by atoms with Crippen molar-refractivity contribution in [3.8, 4) is 5.75 Å². The Morgan fingerprint density at radius 2 is 1.95 bits per heavy atom. The quantitative estimate of drug-likeness (QED) is 0.791. The fourth-order valence-corrected chi connectivity index (χ4v) is 2.46. The van der Waals surface area contributed by atoms with E-state index in [9.17, 15) is 4.79 Å². The summed E-state index contributed by atoms with van der Waals surface area (Å²) in [7, 11) is 1.37. The average Bonchev–Trinajstić information content (AvgIpc) is 2.72. The number of para-hydroxylation sites is 1. The third-order valence-electron chi connectivity index (χ3n) is 3.53. The Kier molecular flexibility index (Phi) is 3.83. The SMILES string of the molecule is COC(=O)c1ccc2c(c1)OC(C)=CN(c1ccccc1)C2. The molecule has 0 aromatic heterocycles. The highest BCUT2D eigenvalue weighted by Gasteiger charge is 2.17. The summed E-state index contributed by atoms with van der Waals surface area (Å²) in [5, 5.41) is 0. The number of methoxy groups -OCH3 is 1. The fraction of sp³-hybridized carbons (Fsp3) is 0.167. The monoisotopic (exact) mass is 295 g/mol. The van der Waals surface area contributed by atoms with Gasteiger partial charge in [-0.2, -0.15) is 0 Å². The van der Waals surface area contributed by atoms with Crippen LogP contribution in [0, 0.1) is 0 Å². The van der Waals surface area contributed by atoms with Gasteiger partial charge in [0.1, 0.15) is 11.5 Å². The summed E-state index contributed by atoms with van der Waals surface area (Å²) in [5.74, 6) is 1.09. The Morgan fingerprint density at radius 3 is 2.68 bits per heavy atom. The molecule has 112 valence electrons. The molecule has 3 rings (SSSR count). The number of hydrogen-bond acceptors (Lipinski definition) is 4. The van der Waals surface area contributed by atoms with Crippen LogP contribution in [0.2, 0.25) is 0 Å². The number of benzene rings is 2. The zero-order valence-electron chi connectivity index (χ0n) is 12.6. The van der Waals surface area contributed by atoms with Gasteiger partial charge in [-0.1, -0.05) is 24.3 Å². The van der Waals surface area contributed by atoms with Crippen molar-refractivity contribution in [3.05, 3.63) is 71.6 Å². The first kappa shape index (κ1) is 14.2. The Bertz CT molecular complexity index is 722. The van der Waals surface area contributed by atoms with Crippen LogP contribution in [0.25, 0.3) is 0 Å². The Morgan fingerprint density at radius 1 is 1.18 bits per heavy atom. The van der Waals surface area contributed by atoms with Crippen LogP contribution in [0.4, 0.5) is 5.69 Å². The second-order valence-electron chi connectivity index (χ2n) is 5.12. The lowest BCUT2D eigenvalue weighted by molar-refractivity contribution is 0.0600. The summed E-state index contributed by atoms with van der Waals surface area (Å²) in [6.07, 6.45) is 1.97. The largest absolute Gasteiger partial charge is 0.465 e. The topological polar surface area (TPSA) is 38.8 Å². The van der Waals surface area contributed by atoms with Crippen molar-refractivity contribution in [2.45, 2.75) is 13.5 Å². The molecule has 0 aliphatic carbocycles. The standard InChI is InChI=1S/C18H17NO3/c1-13-11-19(16-6-4-3-5-7-16)12-15-9-8-14(18(20)21-2)10-17(15)22-13/h3-11H,12H2,1-2H3. The molecule has 0 atom stereocenters. The molecule has 0 fully saturated rings. The molecule has 22 heavy (non-hydrogen) atoms. The summed E-state index contributed by atoms with van der Waals surface area (Å²) < 4.78 is 10.6. The number of carbonyl (C=O) groups is 1. The first-order valence-electron chi connectivity index (χ1n) is 7.06. The van der Waals surface area contributed by atoms with E-state index >= 15 is 0 Å². The number of ether oxygens (including phenoxy) is 2. The maximum atomic E-state index is 11.6. The van der Waals surface area contributed by atoms with Crippen molar-refractivity contribution in [1.82, 2.24) is 0 Å². The van der Waals surface area contributed by atoms with Gasteiger partial charge in [-0.15, -0.1) is 0 Å². The van der Waals surface area contributed by atoms with Gasteiger partial charge in [-0.3, -0.25) is 0 Å². The molecule has 4 heteroatoms. The van der Waals surface area contributed by atoms with Crippen molar-refractivity contribution < 1.29 is 14.3 Å². The normalized spacial score (nSPS) is 13.5. The second-order valence-corrected chi connectivity index (χ2v) is 5.12. The summed E-state index contributed by atoms with van der Waals surface area (Å²) in [6.45, 7) is 2.58. The number of hydrogen-bond donors (Lipinski definition) is 0. The zero-order chi connectivity index (χ0) is 15.5. The number of allylic oxidation sites excluding steroid dienone is 1. The van der Waals surface area contributed by atoms with E-state index in [1.165, 1.54) is 7.11 Å². The van der Waals surface area contributed by atoms with E-state index in [-0.39, 0.29) is 5.97 Å². The minimum absolute atomic E-state index is 0.364. The van der Waals surface area contributed by atoms with Crippen LogP contribution in [-0.2, 0) is 11.3 Å². The Hall–Kier alpha value is -2.75. The summed E-state index contributed by atoms with van der Waals surface area (Å²) in [4.78, 5) is 13.8. The van der Waals surface area contributed by atoms with Crippen molar-refractivity contribution in [2.75, 3.05) is 12.0 Å². The molecule has 0 spiro atoms. The molecule has 1 heterocycles. The van der Waals surface area contributed by atoms with Crippen LogP contribution in [0.1, 0.15) is 22.8 Å². The lowest BCUT2D eigenvalue weighted by Crippen LogP contribution is -2.14. The molecule has 4 nitrogen and oxygen atoms in total. The van der Waals surface area contributed by atoms with E-state index in [0.29, 0.717) is 17.9 Å². The molecule has 1 aliphatic rings. The molecule has 0 N–H and O–H groups in total. The van der Waals surface area contributed by atoms with Crippen molar-refractivity contribution in [3.63, 3.8) is 0 Å². The lowest BCUT2D eigenvalue weighted by Gasteiger charge is -2.19. The van der Waals surface area contributed by atoms with E-state index in [4.69, 9.17) is 9.47 Å². The predicted molar refractivity (Wildman–Crippen MR) is 84.8 cm³/mol. The molecular formula is C18H17NO3. The van der Waals surface area contributed by atoms with Crippen LogP contribution in [0.3, 0.4) is 0 Å². The van der Waals surface area contributed by atoms with Gasteiger partial charge in [0.05, 0.1) is 19.2 Å². The van der Waals surface area contributed by atoms with Gasteiger partial charge in [0, 0.05) is 17.5 Å². The summed E-state index contributed by atoms with van der Waals surface area (Å²) >= 11 is 0. The molecule has 1 aliphatic heterocycles.